The summed E-state index contributed by atoms with van der Waals surface area (Å²) in [6.45, 7) is 0. The van der Waals surface area contributed by atoms with E-state index in [0.717, 1.165) is 16.7 Å². The van der Waals surface area contributed by atoms with Crippen molar-refractivity contribution in [2.75, 3.05) is 12.4 Å². The number of carbonyl (C=O) groups is 1. The van der Waals surface area contributed by atoms with Gasteiger partial charge in [-0.25, -0.2) is 9.97 Å². The highest BCUT2D eigenvalue weighted by atomic mass is 16.5. The third kappa shape index (κ3) is 3.51. The smallest absolute Gasteiger partial charge is 0.276 e. The number of pyridine rings is 1. The van der Waals surface area contributed by atoms with Crippen molar-refractivity contribution in [2.24, 2.45) is 0 Å². The predicted molar refractivity (Wildman–Crippen MR) is 118 cm³/mol. The van der Waals surface area contributed by atoms with Crippen LogP contribution in [0.1, 0.15) is 10.5 Å². The van der Waals surface area contributed by atoms with Gasteiger partial charge >= 0.3 is 0 Å². The average molecular weight is 410 g/mol. The minimum Gasteiger partial charge on any atom is -0.494 e. The highest BCUT2D eigenvalue weighted by Gasteiger charge is 2.17. The number of nitrogens with one attached hydrogen (secondary N) is 3. The number of fused-ring (bicyclic) bond motifs is 1. The highest BCUT2D eigenvalue weighted by Crippen LogP contribution is 2.33. The standard InChI is InChI=1S/C23H18N6O2/c1-31-18-8-7-16(14-5-3-2-4-6-14)19-20(18)28-23(27-19)29-22(30)17-13-25-21(26-17)15-9-11-24-12-10-15/h2-13H,1H3,(H,25,26)(H2,27,28,29,30). The third-order valence-corrected chi connectivity index (χ3v) is 4.92. The SMILES string of the molecule is COc1ccc(-c2ccccc2)c2nc(NC(=O)c3cnc(-c4ccncc4)[nH]3)[nH]c12. The second kappa shape index (κ2) is 7.75. The molecule has 0 saturated heterocycles. The Labute approximate surface area is 177 Å². The lowest BCUT2D eigenvalue weighted by molar-refractivity contribution is 0.102. The molecule has 0 bridgehead atoms. The lowest BCUT2D eigenvalue weighted by Gasteiger charge is -2.05. The number of hydrogen-bond donors (Lipinski definition) is 3. The molecule has 152 valence electrons. The van der Waals surface area contributed by atoms with Gasteiger partial charge in [0.2, 0.25) is 5.95 Å². The van der Waals surface area contributed by atoms with Crippen LogP contribution in [0.2, 0.25) is 0 Å². The Morgan fingerprint density at radius 3 is 2.55 bits per heavy atom. The second-order valence-corrected chi connectivity index (χ2v) is 6.83. The number of ether oxygens (including phenoxy) is 1. The number of anilines is 1. The first-order valence-electron chi connectivity index (χ1n) is 9.62. The average Bonchev–Trinajstić information content (AvgIpc) is 3.47. The Hall–Kier alpha value is -4.46. The second-order valence-electron chi connectivity index (χ2n) is 6.83. The van der Waals surface area contributed by atoms with Gasteiger partial charge in [-0.3, -0.25) is 15.1 Å². The van der Waals surface area contributed by atoms with E-state index in [-0.39, 0.29) is 5.91 Å². The normalized spacial score (nSPS) is 10.9. The van der Waals surface area contributed by atoms with Gasteiger partial charge in [0, 0.05) is 23.5 Å². The predicted octanol–water partition coefficient (Wildman–Crippen LogP) is 4.28. The van der Waals surface area contributed by atoms with Crippen LogP contribution in [0.5, 0.6) is 5.75 Å². The van der Waals surface area contributed by atoms with Crippen LogP contribution in [0.3, 0.4) is 0 Å². The van der Waals surface area contributed by atoms with E-state index in [9.17, 15) is 4.79 Å². The number of carbonyl (C=O) groups excluding carboxylic acids is 1. The molecule has 0 aliphatic carbocycles. The molecule has 1 amide bonds. The Balaban J connectivity index is 1.47. The van der Waals surface area contributed by atoms with Crippen LogP contribution in [0, 0.1) is 0 Å². The summed E-state index contributed by atoms with van der Waals surface area (Å²) in [5.41, 5.74) is 4.55. The summed E-state index contributed by atoms with van der Waals surface area (Å²) in [5.74, 6) is 1.20. The topological polar surface area (TPSA) is 109 Å². The monoisotopic (exact) mass is 410 g/mol. The molecule has 8 heteroatoms. The number of hydrogen-bond acceptors (Lipinski definition) is 5. The fourth-order valence-electron chi connectivity index (χ4n) is 3.42. The van der Waals surface area contributed by atoms with Gasteiger partial charge in [0.15, 0.2) is 0 Å². The van der Waals surface area contributed by atoms with Crippen molar-refractivity contribution in [3.8, 4) is 28.3 Å². The van der Waals surface area contributed by atoms with Crippen LogP contribution in [0.25, 0.3) is 33.5 Å². The largest absolute Gasteiger partial charge is 0.494 e. The van der Waals surface area contributed by atoms with E-state index in [2.05, 4.69) is 30.2 Å². The maximum Gasteiger partial charge on any atom is 0.276 e. The van der Waals surface area contributed by atoms with Crippen LogP contribution < -0.4 is 10.1 Å². The van der Waals surface area contributed by atoms with E-state index in [4.69, 9.17) is 4.74 Å². The number of methoxy groups -OCH3 is 1. The Kier molecular flexibility index (Phi) is 4.64. The summed E-state index contributed by atoms with van der Waals surface area (Å²) < 4.78 is 5.47. The van der Waals surface area contributed by atoms with E-state index >= 15 is 0 Å². The van der Waals surface area contributed by atoms with Gasteiger partial charge in [0.25, 0.3) is 5.91 Å². The molecule has 2 aromatic carbocycles. The number of amides is 1. The fraction of sp³-hybridized carbons (Fsp3) is 0.0435. The number of H-pyrrole nitrogens is 2. The van der Waals surface area contributed by atoms with E-state index in [1.54, 1.807) is 19.5 Å². The molecule has 0 spiro atoms. The van der Waals surface area contributed by atoms with Crippen molar-refractivity contribution < 1.29 is 9.53 Å². The number of nitrogens with zero attached hydrogens (tertiary/aromatic N) is 3. The number of rotatable bonds is 5. The first-order valence-corrected chi connectivity index (χ1v) is 9.62. The zero-order valence-electron chi connectivity index (χ0n) is 16.6. The minimum absolute atomic E-state index is 0.321. The molecule has 5 rings (SSSR count). The lowest BCUT2D eigenvalue weighted by atomic mass is 10.0. The van der Waals surface area contributed by atoms with Gasteiger partial charge in [-0.2, -0.15) is 0 Å². The number of aromatic amines is 2. The molecule has 5 aromatic rings. The van der Waals surface area contributed by atoms with Crippen LogP contribution in [-0.4, -0.2) is 37.9 Å². The zero-order valence-corrected chi connectivity index (χ0v) is 16.6. The quantitative estimate of drug-likeness (QED) is 0.401. The number of imidazole rings is 2. The van der Waals surface area contributed by atoms with Crippen molar-refractivity contribution in [3.63, 3.8) is 0 Å². The molecule has 3 heterocycles. The maximum atomic E-state index is 12.8. The molecule has 0 aliphatic rings. The van der Waals surface area contributed by atoms with Gasteiger partial charge in [-0.1, -0.05) is 30.3 Å². The van der Waals surface area contributed by atoms with E-state index in [1.165, 1.54) is 6.20 Å². The molecule has 8 nitrogen and oxygen atoms in total. The number of aromatic nitrogens is 5. The highest BCUT2D eigenvalue weighted by molar-refractivity contribution is 6.04. The van der Waals surface area contributed by atoms with Crippen molar-refractivity contribution in [3.05, 3.63) is 78.9 Å². The van der Waals surface area contributed by atoms with Crippen LogP contribution in [0.4, 0.5) is 5.95 Å². The summed E-state index contributed by atoms with van der Waals surface area (Å²) in [4.78, 5) is 31.8. The molecule has 0 atom stereocenters. The molecule has 0 unspecified atom stereocenters. The Morgan fingerprint density at radius 2 is 1.77 bits per heavy atom. The van der Waals surface area contributed by atoms with Crippen LogP contribution in [-0.2, 0) is 0 Å². The van der Waals surface area contributed by atoms with Crippen molar-refractivity contribution in [2.45, 2.75) is 0 Å². The van der Waals surface area contributed by atoms with Gasteiger partial charge in [0.05, 0.1) is 13.3 Å². The summed E-state index contributed by atoms with van der Waals surface area (Å²) in [6.07, 6.45) is 4.83. The van der Waals surface area contributed by atoms with E-state index in [1.807, 2.05) is 54.6 Å². The van der Waals surface area contributed by atoms with Crippen molar-refractivity contribution in [1.29, 1.82) is 0 Å². The van der Waals surface area contributed by atoms with Crippen molar-refractivity contribution in [1.82, 2.24) is 24.9 Å². The van der Waals surface area contributed by atoms with Gasteiger partial charge in [-0.15, -0.1) is 0 Å². The molecule has 0 saturated carbocycles. The van der Waals surface area contributed by atoms with Gasteiger partial charge in [0.1, 0.15) is 28.3 Å². The van der Waals surface area contributed by atoms with Crippen molar-refractivity contribution >= 4 is 22.9 Å². The summed E-state index contributed by atoms with van der Waals surface area (Å²) >= 11 is 0. The van der Waals surface area contributed by atoms with Crippen LogP contribution in [0.15, 0.2) is 73.2 Å². The van der Waals surface area contributed by atoms with Gasteiger partial charge in [-0.05, 0) is 29.8 Å². The lowest BCUT2D eigenvalue weighted by Crippen LogP contribution is -2.13. The molecular formula is C23H18N6O2. The fourth-order valence-corrected chi connectivity index (χ4v) is 3.42. The Bertz CT molecular complexity index is 1360. The molecular weight excluding hydrogens is 392 g/mol. The molecule has 0 aliphatic heterocycles. The molecule has 3 aromatic heterocycles. The first-order chi connectivity index (χ1) is 15.2. The third-order valence-electron chi connectivity index (χ3n) is 4.92. The molecule has 0 radical (unpaired) electrons. The first kappa shape index (κ1) is 18.6. The maximum absolute atomic E-state index is 12.8. The molecule has 31 heavy (non-hydrogen) atoms. The molecule has 3 N–H and O–H groups in total. The Morgan fingerprint density at radius 1 is 0.968 bits per heavy atom. The molecule has 0 fully saturated rings. The minimum atomic E-state index is -0.355. The number of benzene rings is 2. The summed E-state index contributed by atoms with van der Waals surface area (Å²) in [7, 11) is 1.60. The van der Waals surface area contributed by atoms with Gasteiger partial charge < -0.3 is 14.7 Å². The van der Waals surface area contributed by atoms with E-state index in [0.29, 0.717) is 34.2 Å². The zero-order chi connectivity index (χ0) is 21.2. The van der Waals surface area contributed by atoms with Crippen LogP contribution >= 0.6 is 0 Å². The van der Waals surface area contributed by atoms with E-state index < -0.39 is 0 Å². The summed E-state index contributed by atoms with van der Waals surface area (Å²) in [6, 6.07) is 17.4. The summed E-state index contributed by atoms with van der Waals surface area (Å²) in [5, 5.41) is 2.80.